The highest BCUT2D eigenvalue weighted by Crippen LogP contribution is 2.08. The molecule has 308 valence electrons. The molecule has 0 unspecified atom stereocenters. The van der Waals surface area contributed by atoms with E-state index < -0.39 is 59.0 Å². The maximum atomic E-state index is 12.8. The molecule has 0 aliphatic carbocycles. The summed E-state index contributed by atoms with van der Waals surface area (Å²) in [5, 5.41) is 30.6. The maximum Gasteiger partial charge on any atom is 0.407 e. The summed E-state index contributed by atoms with van der Waals surface area (Å²) in [7, 11) is 0. The zero-order chi connectivity index (χ0) is 41.2. The third-order valence-electron chi connectivity index (χ3n) is 7.24. The van der Waals surface area contributed by atoms with Crippen molar-refractivity contribution in [3.8, 4) is 0 Å². The summed E-state index contributed by atoms with van der Waals surface area (Å²) in [5.41, 5.74) is -2.26. The molecule has 0 fully saturated rings. The molecule has 53 heavy (non-hydrogen) atoms. The van der Waals surface area contributed by atoms with Crippen LogP contribution in [-0.4, -0.2) is 110 Å². The molecule has 3 atom stereocenters. The van der Waals surface area contributed by atoms with Crippen molar-refractivity contribution in [3.05, 3.63) is 0 Å². The van der Waals surface area contributed by atoms with Gasteiger partial charge in [-0.05, 0) is 87.5 Å². The monoisotopic (exact) mass is 758 g/mol. The summed E-state index contributed by atoms with van der Waals surface area (Å²) in [4.78, 5) is 74.6. The lowest BCUT2D eigenvalue weighted by atomic mass is 10.0. The van der Waals surface area contributed by atoms with Crippen molar-refractivity contribution in [2.75, 3.05) is 32.7 Å². The molecule has 0 heterocycles. The van der Waals surface area contributed by atoms with E-state index in [9.17, 15) is 28.8 Å². The number of rotatable bonds is 19. The molecule has 0 saturated heterocycles. The van der Waals surface area contributed by atoms with Gasteiger partial charge in [0.1, 0.15) is 5.60 Å². The van der Waals surface area contributed by atoms with Gasteiger partial charge in [0.15, 0.2) is 0 Å². The smallest absolute Gasteiger partial charge is 0.407 e. The van der Waals surface area contributed by atoms with Crippen molar-refractivity contribution in [1.29, 1.82) is 0 Å². The van der Waals surface area contributed by atoms with Gasteiger partial charge in [-0.2, -0.15) is 0 Å². The Bertz CT molecular complexity index is 1190. The van der Waals surface area contributed by atoms with Crippen LogP contribution in [0.2, 0.25) is 0 Å². The molecule has 0 aliphatic rings. The third-order valence-corrected chi connectivity index (χ3v) is 7.24. The average Bonchev–Trinajstić information content (AvgIpc) is 2.97. The van der Waals surface area contributed by atoms with Crippen LogP contribution in [0, 0.1) is 11.8 Å². The van der Waals surface area contributed by atoms with Gasteiger partial charge in [0.05, 0.1) is 17.1 Å². The topological polar surface area (TPSA) is 244 Å². The minimum Gasteiger partial charge on any atom is -0.444 e. The number of alkyl carbamates (subject to hydrolysis) is 1. The van der Waals surface area contributed by atoms with E-state index in [-0.39, 0.29) is 56.8 Å². The number of carbonyl (C=O) groups is 6. The van der Waals surface area contributed by atoms with Crippen LogP contribution in [0.25, 0.3) is 0 Å². The van der Waals surface area contributed by atoms with E-state index in [0.717, 1.165) is 0 Å². The lowest BCUT2D eigenvalue weighted by Gasteiger charge is -2.30. The van der Waals surface area contributed by atoms with Crippen molar-refractivity contribution >= 4 is 36.2 Å². The normalized spacial score (nSPS) is 13.5. The van der Waals surface area contributed by atoms with Crippen LogP contribution in [0.4, 0.5) is 28.8 Å². The SMILES string of the molecule is CC(C)C[C@@H](CNC(=O)N[C@@H](C)CNC(=O)N[C@H](CNC(=O)NC(C)(C)CNC(=O)NC(C)(C)CNC(=O)OC(C)(C)C)C(C)C)NC(=O)NC(C)C. The molecule has 11 amide bonds. The molecule has 0 aromatic carbocycles. The number of amides is 11. The highest BCUT2D eigenvalue weighted by Gasteiger charge is 2.27. The van der Waals surface area contributed by atoms with Gasteiger partial charge in [-0.15, -0.1) is 0 Å². The molecule has 0 rings (SSSR count). The molecule has 11 N–H and O–H groups in total. The van der Waals surface area contributed by atoms with E-state index in [1.165, 1.54) is 0 Å². The number of hydrogen-bond donors (Lipinski definition) is 11. The van der Waals surface area contributed by atoms with E-state index in [2.05, 4.69) is 58.5 Å². The Kier molecular flexibility index (Phi) is 20.8. The van der Waals surface area contributed by atoms with Gasteiger partial charge in [-0.3, -0.25) is 0 Å². The summed E-state index contributed by atoms with van der Waals surface area (Å²) in [5.74, 6) is 0.283. The summed E-state index contributed by atoms with van der Waals surface area (Å²) in [6, 6.07) is -3.22. The molecule has 0 aromatic rings. The van der Waals surface area contributed by atoms with E-state index in [4.69, 9.17) is 4.74 Å². The summed E-state index contributed by atoms with van der Waals surface area (Å²) < 4.78 is 5.23. The Morgan fingerprint density at radius 2 is 1.02 bits per heavy atom. The number of urea groups is 5. The van der Waals surface area contributed by atoms with Crippen molar-refractivity contribution in [3.63, 3.8) is 0 Å². The summed E-state index contributed by atoms with van der Waals surface area (Å²) >= 11 is 0. The first kappa shape index (κ1) is 48.6. The quantitative estimate of drug-likeness (QED) is 0.0940. The summed E-state index contributed by atoms with van der Waals surface area (Å²) in [6.07, 6.45) is 0.0946. The second-order valence-corrected chi connectivity index (χ2v) is 16.8. The zero-order valence-corrected chi connectivity index (χ0v) is 34.6. The zero-order valence-electron chi connectivity index (χ0n) is 34.6. The molecule has 0 aromatic heterocycles. The first-order valence-corrected chi connectivity index (χ1v) is 18.4. The fourth-order valence-corrected chi connectivity index (χ4v) is 4.61. The Balaban J connectivity index is 4.71. The Labute approximate surface area is 316 Å². The van der Waals surface area contributed by atoms with Crippen molar-refractivity contribution in [1.82, 2.24) is 58.5 Å². The van der Waals surface area contributed by atoms with Gasteiger partial charge in [-0.1, -0.05) is 27.7 Å². The molecule has 0 radical (unpaired) electrons. The van der Waals surface area contributed by atoms with Gasteiger partial charge in [0, 0.05) is 50.8 Å². The summed E-state index contributed by atoms with van der Waals surface area (Å²) in [6.45, 7) is 26.4. The average molecular weight is 758 g/mol. The number of nitrogens with one attached hydrogen (secondary N) is 11. The molecule has 0 aliphatic heterocycles. The van der Waals surface area contributed by atoms with Crippen LogP contribution < -0.4 is 58.5 Å². The standard InChI is InChI=1S/C35H71N11O7/c1-21(2)15-25(43-31(51)41-23(5)6)17-37-27(47)42-24(7)16-36-28(48)44-26(22(3)4)18-38-29(49)45-34(11,12)19-39-30(50)46-35(13,14)20-40-32(52)53-33(8,9)10/h21-26H,15-20H2,1-14H3,(H,40,52)(H2,36,44,48)(H2,37,42,47)(H2,38,45,49)(H2,39,46,50)(H2,41,43,51)/t24-,25-,26+/m0/s1. The van der Waals surface area contributed by atoms with Crippen LogP contribution in [0.15, 0.2) is 0 Å². The Hall–Kier alpha value is -4.38. The molecule has 18 nitrogen and oxygen atoms in total. The minimum atomic E-state index is -0.831. The van der Waals surface area contributed by atoms with Crippen LogP contribution >= 0.6 is 0 Å². The first-order valence-electron chi connectivity index (χ1n) is 18.4. The lowest BCUT2D eigenvalue weighted by Crippen LogP contribution is -2.59. The van der Waals surface area contributed by atoms with Crippen molar-refractivity contribution in [2.24, 2.45) is 11.8 Å². The van der Waals surface area contributed by atoms with Crippen LogP contribution in [0.5, 0.6) is 0 Å². The van der Waals surface area contributed by atoms with Gasteiger partial charge >= 0.3 is 36.2 Å². The van der Waals surface area contributed by atoms with Crippen molar-refractivity contribution in [2.45, 2.75) is 144 Å². The number of carbonyl (C=O) groups excluding carboxylic acids is 6. The predicted octanol–water partition coefficient (Wildman–Crippen LogP) is 2.80. The van der Waals surface area contributed by atoms with Crippen LogP contribution in [0.3, 0.4) is 0 Å². The van der Waals surface area contributed by atoms with Gasteiger partial charge in [-0.25, -0.2) is 28.8 Å². The van der Waals surface area contributed by atoms with Crippen LogP contribution in [0.1, 0.15) is 103 Å². The second-order valence-electron chi connectivity index (χ2n) is 16.8. The number of hydrogen-bond acceptors (Lipinski definition) is 7. The molecule has 18 heteroatoms. The number of ether oxygens (including phenoxy) is 1. The predicted molar refractivity (Wildman–Crippen MR) is 207 cm³/mol. The highest BCUT2D eigenvalue weighted by atomic mass is 16.6. The fraction of sp³-hybridized carbons (Fsp3) is 0.829. The Morgan fingerprint density at radius 1 is 0.528 bits per heavy atom. The largest absolute Gasteiger partial charge is 0.444 e. The van der Waals surface area contributed by atoms with Crippen molar-refractivity contribution < 1.29 is 33.5 Å². The van der Waals surface area contributed by atoms with E-state index in [1.807, 2.05) is 41.5 Å². The molecular formula is C35H71N11O7. The molecule has 0 saturated carbocycles. The van der Waals surface area contributed by atoms with E-state index in [1.54, 1.807) is 55.4 Å². The lowest BCUT2D eigenvalue weighted by molar-refractivity contribution is 0.0514. The fourth-order valence-electron chi connectivity index (χ4n) is 4.61. The second kappa shape index (κ2) is 22.6. The van der Waals surface area contributed by atoms with Gasteiger partial charge in [0.25, 0.3) is 0 Å². The highest BCUT2D eigenvalue weighted by molar-refractivity contribution is 5.78. The minimum absolute atomic E-state index is 0.0139. The van der Waals surface area contributed by atoms with Gasteiger partial charge in [0.2, 0.25) is 0 Å². The molecule has 0 bridgehead atoms. The van der Waals surface area contributed by atoms with Gasteiger partial charge < -0.3 is 63.2 Å². The molecular weight excluding hydrogens is 686 g/mol. The molecule has 0 spiro atoms. The van der Waals surface area contributed by atoms with Crippen LogP contribution in [-0.2, 0) is 4.74 Å². The third kappa shape index (κ3) is 26.1. The Morgan fingerprint density at radius 3 is 1.53 bits per heavy atom. The van der Waals surface area contributed by atoms with E-state index in [0.29, 0.717) is 12.3 Å². The van der Waals surface area contributed by atoms with E-state index >= 15 is 0 Å². The maximum absolute atomic E-state index is 12.8. The first-order chi connectivity index (χ1) is 24.2.